The zero-order chi connectivity index (χ0) is 12.8. The van der Waals surface area contributed by atoms with Gasteiger partial charge in [0.2, 0.25) is 5.91 Å². The molecular weight excluding hydrogens is 214 g/mol. The third-order valence-electron chi connectivity index (χ3n) is 2.10. The summed E-state index contributed by atoms with van der Waals surface area (Å²) in [4.78, 5) is 11.5. The van der Waals surface area contributed by atoms with E-state index in [0.717, 1.165) is 11.4 Å². The lowest BCUT2D eigenvalue weighted by atomic mass is 10.1. The van der Waals surface area contributed by atoms with Crippen LogP contribution in [-0.4, -0.2) is 12.0 Å². The molecule has 1 N–H and O–H groups in total. The highest BCUT2D eigenvalue weighted by Crippen LogP contribution is 2.17. The Morgan fingerprint density at radius 1 is 1.18 bits per heavy atom. The minimum atomic E-state index is 0.0533. The molecule has 0 unspecified atom stereocenters. The Morgan fingerprint density at radius 3 is 2.24 bits per heavy atom. The van der Waals surface area contributed by atoms with Crippen LogP contribution in [0, 0.1) is 5.92 Å². The van der Waals surface area contributed by atoms with E-state index >= 15 is 0 Å². The number of hydrogen-bond donors (Lipinski definition) is 1. The van der Waals surface area contributed by atoms with Gasteiger partial charge in [0.25, 0.3) is 0 Å². The van der Waals surface area contributed by atoms with Crippen LogP contribution in [0.5, 0.6) is 5.75 Å². The zero-order valence-corrected chi connectivity index (χ0v) is 11.0. The maximum Gasteiger partial charge on any atom is 0.224 e. The molecule has 1 aromatic carbocycles. The minimum absolute atomic E-state index is 0.0533. The quantitative estimate of drug-likeness (QED) is 0.848. The molecule has 0 aliphatic heterocycles. The minimum Gasteiger partial charge on any atom is -0.491 e. The highest BCUT2D eigenvalue weighted by Gasteiger charge is 2.05. The molecule has 3 heteroatoms. The van der Waals surface area contributed by atoms with Gasteiger partial charge in [0.1, 0.15) is 5.75 Å². The van der Waals surface area contributed by atoms with Crippen molar-refractivity contribution in [2.45, 2.75) is 40.2 Å². The molecule has 3 nitrogen and oxygen atoms in total. The zero-order valence-electron chi connectivity index (χ0n) is 11.0. The summed E-state index contributed by atoms with van der Waals surface area (Å²) < 4.78 is 5.53. The smallest absolute Gasteiger partial charge is 0.224 e. The van der Waals surface area contributed by atoms with Crippen molar-refractivity contribution in [3.05, 3.63) is 24.3 Å². The maximum atomic E-state index is 11.5. The second kappa shape index (κ2) is 6.28. The Kier molecular flexibility index (Phi) is 5.01. The summed E-state index contributed by atoms with van der Waals surface area (Å²) in [6.45, 7) is 8.02. The Bertz CT molecular complexity index is 355. The fraction of sp³-hybridized carbons (Fsp3) is 0.500. The van der Waals surface area contributed by atoms with Gasteiger partial charge in [0.15, 0.2) is 0 Å². The first-order valence-corrected chi connectivity index (χ1v) is 6.04. The first-order chi connectivity index (χ1) is 7.97. The summed E-state index contributed by atoms with van der Waals surface area (Å²) in [6.07, 6.45) is 0.709. The summed E-state index contributed by atoms with van der Waals surface area (Å²) in [5.74, 6) is 1.25. The van der Waals surface area contributed by atoms with Crippen molar-refractivity contribution in [2.75, 3.05) is 5.32 Å². The molecule has 1 aromatic rings. The summed E-state index contributed by atoms with van der Waals surface area (Å²) >= 11 is 0. The lowest BCUT2D eigenvalue weighted by molar-refractivity contribution is -0.116. The molecule has 0 fully saturated rings. The van der Waals surface area contributed by atoms with Gasteiger partial charge in [-0.05, 0) is 44.0 Å². The predicted octanol–water partition coefficient (Wildman–Crippen LogP) is 3.46. The molecule has 94 valence electrons. The number of carbonyl (C=O) groups excluding carboxylic acids is 1. The van der Waals surface area contributed by atoms with Crippen molar-refractivity contribution in [3.63, 3.8) is 0 Å². The Balaban J connectivity index is 2.53. The van der Waals surface area contributed by atoms with Crippen LogP contribution in [0.2, 0.25) is 0 Å². The molecule has 0 heterocycles. The monoisotopic (exact) mass is 235 g/mol. The van der Waals surface area contributed by atoms with Crippen LogP contribution in [0.15, 0.2) is 24.3 Å². The molecular formula is C14H21NO2. The Labute approximate surface area is 103 Å². The van der Waals surface area contributed by atoms with Gasteiger partial charge in [-0.25, -0.2) is 0 Å². The number of carbonyl (C=O) groups is 1. The number of benzene rings is 1. The molecule has 17 heavy (non-hydrogen) atoms. The van der Waals surface area contributed by atoms with Crippen molar-refractivity contribution < 1.29 is 9.53 Å². The molecule has 0 radical (unpaired) electrons. The average molecular weight is 235 g/mol. The van der Waals surface area contributed by atoms with E-state index < -0.39 is 0 Å². The number of hydrogen-bond acceptors (Lipinski definition) is 2. The van der Waals surface area contributed by atoms with E-state index in [1.165, 1.54) is 0 Å². The SMILES string of the molecule is CC(C)CC(=O)Nc1ccc(OC(C)C)cc1. The van der Waals surface area contributed by atoms with Gasteiger partial charge in [0.05, 0.1) is 6.10 Å². The van der Waals surface area contributed by atoms with Crippen molar-refractivity contribution in [3.8, 4) is 5.75 Å². The number of anilines is 1. The standard InChI is InChI=1S/C14H21NO2/c1-10(2)9-14(16)15-12-5-7-13(8-6-12)17-11(3)4/h5-8,10-11H,9H2,1-4H3,(H,15,16). The molecule has 1 amide bonds. The lowest BCUT2D eigenvalue weighted by Crippen LogP contribution is -2.13. The van der Waals surface area contributed by atoms with Gasteiger partial charge < -0.3 is 10.1 Å². The van der Waals surface area contributed by atoms with Gasteiger partial charge in [-0.15, -0.1) is 0 Å². The average Bonchev–Trinajstić information content (AvgIpc) is 2.18. The van der Waals surface area contributed by atoms with E-state index in [-0.39, 0.29) is 12.0 Å². The van der Waals surface area contributed by atoms with E-state index in [2.05, 4.69) is 5.32 Å². The third-order valence-corrected chi connectivity index (χ3v) is 2.10. The van der Waals surface area contributed by atoms with Crippen molar-refractivity contribution in [2.24, 2.45) is 5.92 Å². The summed E-state index contributed by atoms with van der Waals surface area (Å²) in [5, 5.41) is 2.86. The first-order valence-electron chi connectivity index (χ1n) is 6.04. The topological polar surface area (TPSA) is 38.3 Å². The van der Waals surface area contributed by atoms with E-state index in [9.17, 15) is 4.79 Å². The van der Waals surface area contributed by atoms with Gasteiger partial charge in [0, 0.05) is 12.1 Å². The molecule has 0 atom stereocenters. The van der Waals surface area contributed by atoms with E-state index in [1.807, 2.05) is 52.0 Å². The van der Waals surface area contributed by atoms with Crippen LogP contribution in [0.1, 0.15) is 34.1 Å². The lowest BCUT2D eigenvalue weighted by Gasteiger charge is -2.11. The van der Waals surface area contributed by atoms with Crippen LogP contribution >= 0.6 is 0 Å². The predicted molar refractivity (Wildman–Crippen MR) is 70.3 cm³/mol. The highest BCUT2D eigenvalue weighted by molar-refractivity contribution is 5.90. The second-order valence-corrected chi connectivity index (χ2v) is 4.84. The highest BCUT2D eigenvalue weighted by atomic mass is 16.5. The Morgan fingerprint density at radius 2 is 1.76 bits per heavy atom. The second-order valence-electron chi connectivity index (χ2n) is 4.84. The van der Waals surface area contributed by atoms with Gasteiger partial charge in [-0.3, -0.25) is 4.79 Å². The van der Waals surface area contributed by atoms with Crippen LogP contribution in [-0.2, 0) is 4.79 Å². The normalized spacial score (nSPS) is 10.7. The third kappa shape index (κ3) is 5.38. The van der Waals surface area contributed by atoms with Gasteiger partial charge in [-0.1, -0.05) is 13.8 Å². The summed E-state index contributed by atoms with van der Waals surface area (Å²) in [5.41, 5.74) is 0.812. The van der Waals surface area contributed by atoms with Crippen LogP contribution in [0.4, 0.5) is 5.69 Å². The number of amides is 1. The molecule has 0 spiro atoms. The molecule has 0 bridgehead atoms. The summed E-state index contributed by atoms with van der Waals surface area (Å²) in [6, 6.07) is 7.45. The summed E-state index contributed by atoms with van der Waals surface area (Å²) in [7, 11) is 0. The van der Waals surface area contributed by atoms with Crippen molar-refractivity contribution in [1.29, 1.82) is 0 Å². The number of rotatable bonds is 5. The molecule has 0 aliphatic carbocycles. The maximum absolute atomic E-state index is 11.5. The van der Waals surface area contributed by atoms with Gasteiger partial charge >= 0.3 is 0 Å². The number of nitrogens with one attached hydrogen (secondary N) is 1. The first kappa shape index (κ1) is 13.6. The fourth-order valence-electron chi connectivity index (χ4n) is 1.47. The van der Waals surface area contributed by atoms with Crippen molar-refractivity contribution in [1.82, 2.24) is 0 Å². The number of ether oxygens (including phenoxy) is 1. The van der Waals surface area contributed by atoms with Crippen molar-refractivity contribution >= 4 is 11.6 Å². The van der Waals surface area contributed by atoms with Gasteiger partial charge in [-0.2, -0.15) is 0 Å². The molecule has 0 aromatic heterocycles. The van der Waals surface area contributed by atoms with E-state index in [1.54, 1.807) is 0 Å². The largest absolute Gasteiger partial charge is 0.491 e. The Hall–Kier alpha value is -1.51. The molecule has 0 saturated carbocycles. The van der Waals surface area contributed by atoms with E-state index in [0.29, 0.717) is 12.3 Å². The molecule has 0 aliphatic rings. The van der Waals surface area contributed by atoms with Crippen LogP contribution in [0.3, 0.4) is 0 Å². The molecule has 0 saturated heterocycles. The van der Waals surface area contributed by atoms with Crippen LogP contribution in [0.25, 0.3) is 0 Å². The van der Waals surface area contributed by atoms with Crippen LogP contribution < -0.4 is 10.1 Å². The molecule has 1 rings (SSSR count). The fourth-order valence-corrected chi connectivity index (χ4v) is 1.47. The van der Waals surface area contributed by atoms with E-state index in [4.69, 9.17) is 4.74 Å².